The van der Waals surface area contributed by atoms with Crippen molar-refractivity contribution in [2.24, 2.45) is 5.41 Å². The summed E-state index contributed by atoms with van der Waals surface area (Å²) in [5.41, 5.74) is -0.858. The number of nitrogens with zero attached hydrogens (tertiary/aromatic N) is 2. The molecule has 0 saturated carbocycles. The van der Waals surface area contributed by atoms with Gasteiger partial charge in [-0.1, -0.05) is 6.58 Å². The SMILES string of the molecule is C=CC(=O)N1COC2(CCN(OC(=O)C(C)(C)C)CC2)C1C. The summed E-state index contributed by atoms with van der Waals surface area (Å²) < 4.78 is 5.94. The van der Waals surface area contributed by atoms with Crippen molar-refractivity contribution in [3.8, 4) is 0 Å². The van der Waals surface area contributed by atoms with Crippen molar-refractivity contribution < 1.29 is 19.2 Å². The van der Waals surface area contributed by atoms with Crippen molar-refractivity contribution >= 4 is 11.9 Å². The summed E-state index contributed by atoms with van der Waals surface area (Å²) in [5.74, 6) is -0.335. The van der Waals surface area contributed by atoms with Gasteiger partial charge in [-0.2, -0.15) is 0 Å². The minimum atomic E-state index is -0.514. The molecule has 0 aromatic heterocycles. The molecular weight excluding hydrogens is 284 g/mol. The van der Waals surface area contributed by atoms with E-state index in [-0.39, 0.29) is 23.5 Å². The summed E-state index contributed by atoms with van der Waals surface area (Å²) in [6.07, 6.45) is 2.78. The average Bonchev–Trinajstić information content (AvgIpc) is 2.77. The summed E-state index contributed by atoms with van der Waals surface area (Å²) >= 11 is 0. The van der Waals surface area contributed by atoms with Gasteiger partial charge in [0.05, 0.1) is 17.1 Å². The quantitative estimate of drug-likeness (QED) is 0.727. The van der Waals surface area contributed by atoms with Crippen LogP contribution in [0, 0.1) is 5.41 Å². The molecule has 1 unspecified atom stereocenters. The second-order valence-corrected chi connectivity index (χ2v) is 7.08. The molecule has 22 heavy (non-hydrogen) atoms. The van der Waals surface area contributed by atoms with Gasteiger partial charge >= 0.3 is 5.97 Å². The maximum atomic E-state index is 11.9. The van der Waals surface area contributed by atoms with Crippen LogP contribution in [-0.4, -0.2) is 53.3 Å². The van der Waals surface area contributed by atoms with E-state index in [4.69, 9.17) is 9.57 Å². The summed E-state index contributed by atoms with van der Waals surface area (Å²) in [7, 11) is 0. The minimum Gasteiger partial charge on any atom is -0.367 e. The standard InChI is InChI=1S/C16H26N2O4/c1-6-13(19)18-11-21-16(12(18)2)7-9-17(10-8-16)22-14(20)15(3,4)5/h6,12H,1,7-11H2,2-5H3. The first kappa shape index (κ1) is 17.0. The Balaban J connectivity index is 1.93. The van der Waals surface area contributed by atoms with Crippen molar-refractivity contribution in [1.29, 1.82) is 0 Å². The van der Waals surface area contributed by atoms with E-state index in [0.29, 0.717) is 19.8 Å². The van der Waals surface area contributed by atoms with Gasteiger partial charge in [0.2, 0.25) is 5.91 Å². The molecule has 1 atom stereocenters. The molecule has 6 nitrogen and oxygen atoms in total. The van der Waals surface area contributed by atoms with Gasteiger partial charge in [0.1, 0.15) is 6.73 Å². The highest BCUT2D eigenvalue weighted by molar-refractivity contribution is 5.87. The van der Waals surface area contributed by atoms with E-state index in [1.807, 2.05) is 27.7 Å². The Hall–Kier alpha value is -1.40. The van der Waals surface area contributed by atoms with E-state index in [0.717, 1.165) is 12.8 Å². The molecule has 2 saturated heterocycles. The number of hydroxylamine groups is 2. The molecule has 1 spiro atoms. The van der Waals surface area contributed by atoms with Crippen LogP contribution in [0.5, 0.6) is 0 Å². The highest BCUT2D eigenvalue weighted by Crippen LogP contribution is 2.37. The zero-order chi connectivity index (χ0) is 16.5. The predicted octanol–water partition coefficient (Wildman–Crippen LogP) is 1.72. The largest absolute Gasteiger partial charge is 0.367 e. The molecule has 2 fully saturated rings. The van der Waals surface area contributed by atoms with Gasteiger partial charge in [-0.05, 0) is 46.6 Å². The van der Waals surface area contributed by atoms with Crippen molar-refractivity contribution in [1.82, 2.24) is 9.96 Å². The lowest BCUT2D eigenvalue weighted by Crippen LogP contribution is -2.52. The van der Waals surface area contributed by atoms with E-state index in [1.165, 1.54) is 6.08 Å². The molecule has 2 heterocycles. The van der Waals surface area contributed by atoms with E-state index >= 15 is 0 Å². The van der Waals surface area contributed by atoms with Crippen LogP contribution in [0.1, 0.15) is 40.5 Å². The third-order valence-electron chi connectivity index (χ3n) is 4.57. The maximum absolute atomic E-state index is 11.9. The smallest absolute Gasteiger partial charge is 0.330 e. The van der Waals surface area contributed by atoms with Crippen molar-refractivity contribution in [3.05, 3.63) is 12.7 Å². The molecule has 2 aliphatic heterocycles. The minimum absolute atomic E-state index is 0.00142. The molecule has 124 valence electrons. The normalized spacial score (nSPS) is 25.3. The summed E-state index contributed by atoms with van der Waals surface area (Å²) in [6, 6.07) is -0.00142. The molecule has 1 amide bonds. The van der Waals surface area contributed by atoms with Gasteiger partial charge in [0, 0.05) is 13.1 Å². The first-order valence-electron chi connectivity index (χ1n) is 7.74. The second-order valence-electron chi connectivity index (χ2n) is 7.08. The number of rotatable bonds is 2. The van der Waals surface area contributed by atoms with Crippen LogP contribution in [0.2, 0.25) is 0 Å². The summed E-state index contributed by atoms with van der Waals surface area (Å²) in [4.78, 5) is 30.9. The van der Waals surface area contributed by atoms with Gasteiger partial charge in [0.15, 0.2) is 0 Å². The average molecular weight is 310 g/mol. The fourth-order valence-electron chi connectivity index (χ4n) is 2.86. The second kappa shape index (κ2) is 6.01. The summed E-state index contributed by atoms with van der Waals surface area (Å²) in [6.45, 7) is 12.6. The Bertz CT molecular complexity index is 461. The van der Waals surface area contributed by atoms with Gasteiger partial charge in [-0.25, -0.2) is 4.79 Å². The molecule has 0 bridgehead atoms. The van der Waals surface area contributed by atoms with E-state index in [1.54, 1.807) is 9.96 Å². The van der Waals surface area contributed by atoms with Crippen LogP contribution < -0.4 is 0 Å². The third-order valence-corrected chi connectivity index (χ3v) is 4.57. The number of hydrogen-bond donors (Lipinski definition) is 0. The maximum Gasteiger partial charge on any atom is 0.330 e. The van der Waals surface area contributed by atoms with Gasteiger partial charge in [-0.3, -0.25) is 4.79 Å². The number of piperidine rings is 1. The highest BCUT2D eigenvalue weighted by atomic mass is 16.7. The Labute approximate surface area is 132 Å². The number of carbonyl (C=O) groups excluding carboxylic acids is 2. The number of ether oxygens (including phenoxy) is 1. The molecule has 0 aromatic carbocycles. The molecule has 6 heteroatoms. The van der Waals surface area contributed by atoms with Crippen LogP contribution in [0.4, 0.5) is 0 Å². The third kappa shape index (κ3) is 3.17. The molecule has 2 rings (SSSR count). The monoisotopic (exact) mass is 310 g/mol. The summed E-state index contributed by atoms with van der Waals surface area (Å²) in [5, 5.41) is 1.70. The predicted molar refractivity (Wildman–Crippen MR) is 81.5 cm³/mol. The number of amides is 1. The Morgan fingerprint density at radius 3 is 2.41 bits per heavy atom. The van der Waals surface area contributed by atoms with Crippen LogP contribution >= 0.6 is 0 Å². The Kier molecular flexibility index (Phi) is 4.63. The fourth-order valence-corrected chi connectivity index (χ4v) is 2.86. The highest BCUT2D eigenvalue weighted by Gasteiger charge is 2.49. The number of hydrogen-bond acceptors (Lipinski definition) is 5. The molecule has 2 aliphatic rings. The first-order chi connectivity index (χ1) is 10.2. The molecule has 0 aromatic rings. The van der Waals surface area contributed by atoms with Crippen molar-refractivity contribution in [2.45, 2.75) is 52.2 Å². The van der Waals surface area contributed by atoms with Crippen molar-refractivity contribution in [3.63, 3.8) is 0 Å². The van der Waals surface area contributed by atoms with E-state index in [2.05, 4.69) is 6.58 Å². The van der Waals surface area contributed by atoms with Crippen LogP contribution in [0.3, 0.4) is 0 Å². The molecule has 0 radical (unpaired) electrons. The molecule has 0 aliphatic carbocycles. The van der Waals surface area contributed by atoms with Gasteiger partial charge < -0.3 is 14.5 Å². The van der Waals surface area contributed by atoms with E-state index in [9.17, 15) is 9.59 Å². The molecular formula is C16H26N2O4. The van der Waals surface area contributed by atoms with E-state index < -0.39 is 5.41 Å². The zero-order valence-corrected chi connectivity index (χ0v) is 13.9. The van der Waals surface area contributed by atoms with Crippen LogP contribution in [0.15, 0.2) is 12.7 Å². The number of carbonyl (C=O) groups is 2. The van der Waals surface area contributed by atoms with Crippen LogP contribution in [0.25, 0.3) is 0 Å². The topological polar surface area (TPSA) is 59.1 Å². The lowest BCUT2D eigenvalue weighted by atomic mass is 9.85. The van der Waals surface area contributed by atoms with Crippen molar-refractivity contribution in [2.75, 3.05) is 19.8 Å². The van der Waals surface area contributed by atoms with Gasteiger partial charge in [0.25, 0.3) is 0 Å². The Morgan fingerprint density at radius 1 is 1.32 bits per heavy atom. The lowest BCUT2D eigenvalue weighted by Gasteiger charge is -2.40. The zero-order valence-electron chi connectivity index (χ0n) is 13.9. The Morgan fingerprint density at radius 2 is 1.91 bits per heavy atom. The first-order valence-corrected chi connectivity index (χ1v) is 7.74. The molecule has 0 N–H and O–H groups in total. The van der Waals surface area contributed by atoms with Crippen LogP contribution in [-0.2, 0) is 19.2 Å². The lowest BCUT2D eigenvalue weighted by molar-refractivity contribution is -0.215. The van der Waals surface area contributed by atoms with Gasteiger partial charge in [-0.15, -0.1) is 5.06 Å². The fraction of sp³-hybridized carbons (Fsp3) is 0.750.